The highest BCUT2D eigenvalue weighted by Gasteiger charge is 2.12. The third-order valence-corrected chi connectivity index (χ3v) is 2.13. The Balaban J connectivity index is 3.47. The molecule has 0 aliphatic heterocycles. The smallest absolute Gasteiger partial charge is 0.150 e. The van der Waals surface area contributed by atoms with Crippen LogP contribution >= 0.6 is 11.6 Å². The van der Waals surface area contributed by atoms with Gasteiger partial charge in [0.05, 0.1) is 5.38 Å². The Hall–Kier alpha value is -0.0400. The van der Waals surface area contributed by atoms with E-state index >= 15 is 0 Å². The molecule has 0 N–H and O–H groups in total. The molecule has 1 atom stereocenters. The van der Waals surface area contributed by atoms with E-state index in [0.717, 1.165) is 25.7 Å². The summed E-state index contributed by atoms with van der Waals surface area (Å²) in [6.45, 7) is 4.12. The third-order valence-electron chi connectivity index (χ3n) is 1.67. The summed E-state index contributed by atoms with van der Waals surface area (Å²) >= 11 is 5.82. The van der Waals surface area contributed by atoms with E-state index in [9.17, 15) is 4.79 Å². The molecule has 0 aromatic rings. The SMILES string of the molecule is CCCCC(=O)C(Cl)CCC. The van der Waals surface area contributed by atoms with Crippen LogP contribution in [0.1, 0.15) is 46.0 Å². The summed E-state index contributed by atoms with van der Waals surface area (Å²) in [7, 11) is 0. The van der Waals surface area contributed by atoms with Gasteiger partial charge in [-0.15, -0.1) is 11.6 Å². The van der Waals surface area contributed by atoms with Gasteiger partial charge >= 0.3 is 0 Å². The van der Waals surface area contributed by atoms with Crippen molar-refractivity contribution in [1.29, 1.82) is 0 Å². The predicted octanol–water partition coefficient (Wildman–Crippen LogP) is 3.15. The first-order chi connectivity index (χ1) is 5.22. The number of halogens is 1. The van der Waals surface area contributed by atoms with Crippen molar-refractivity contribution in [3.8, 4) is 0 Å². The summed E-state index contributed by atoms with van der Waals surface area (Å²) in [4.78, 5) is 11.2. The van der Waals surface area contributed by atoms with Gasteiger partial charge < -0.3 is 0 Å². The average molecular weight is 177 g/mol. The van der Waals surface area contributed by atoms with Crippen molar-refractivity contribution in [2.24, 2.45) is 0 Å². The molecule has 0 bridgehead atoms. The minimum absolute atomic E-state index is 0.218. The van der Waals surface area contributed by atoms with E-state index in [1.54, 1.807) is 0 Å². The van der Waals surface area contributed by atoms with Crippen molar-refractivity contribution < 1.29 is 4.79 Å². The number of unbranched alkanes of at least 4 members (excludes halogenated alkanes) is 1. The first-order valence-electron chi connectivity index (χ1n) is 4.39. The molecule has 2 heteroatoms. The highest BCUT2D eigenvalue weighted by molar-refractivity contribution is 6.31. The molecule has 0 fully saturated rings. The monoisotopic (exact) mass is 176 g/mol. The molecule has 0 aromatic heterocycles. The number of carbonyl (C=O) groups excluding carboxylic acids is 1. The average Bonchev–Trinajstić information content (AvgIpc) is 2.00. The van der Waals surface area contributed by atoms with Gasteiger partial charge in [0.2, 0.25) is 0 Å². The fourth-order valence-corrected chi connectivity index (χ4v) is 1.25. The molecular weight excluding hydrogens is 160 g/mol. The lowest BCUT2D eigenvalue weighted by Crippen LogP contribution is -2.13. The molecule has 0 heterocycles. The van der Waals surface area contributed by atoms with Crippen LogP contribution in [0.3, 0.4) is 0 Å². The van der Waals surface area contributed by atoms with Crippen LogP contribution in [0.4, 0.5) is 0 Å². The fraction of sp³-hybridized carbons (Fsp3) is 0.889. The number of Topliss-reactive ketones (excluding diaryl/α,β-unsaturated/α-hetero) is 1. The van der Waals surface area contributed by atoms with Gasteiger partial charge in [0, 0.05) is 6.42 Å². The van der Waals surface area contributed by atoms with Crippen LogP contribution in [0.5, 0.6) is 0 Å². The lowest BCUT2D eigenvalue weighted by Gasteiger charge is -2.05. The summed E-state index contributed by atoms with van der Waals surface area (Å²) in [5, 5.41) is -0.230. The van der Waals surface area contributed by atoms with E-state index in [0.29, 0.717) is 6.42 Å². The Morgan fingerprint density at radius 3 is 2.45 bits per heavy atom. The number of hydrogen-bond donors (Lipinski definition) is 0. The first kappa shape index (κ1) is 11.0. The second kappa shape index (κ2) is 6.66. The maximum absolute atomic E-state index is 11.2. The molecule has 1 unspecified atom stereocenters. The second-order valence-corrected chi connectivity index (χ2v) is 3.35. The first-order valence-corrected chi connectivity index (χ1v) is 4.82. The lowest BCUT2D eigenvalue weighted by atomic mass is 10.1. The molecule has 0 amide bonds. The van der Waals surface area contributed by atoms with Gasteiger partial charge in [-0.25, -0.2) is 0 Å². The molecule has 0 saturated carbocycles. The van der Waals surface area contributed by atoms with Crippen LogP contribution in [0.15, 0.2) is 0 Å². The Bertz CT molecular complexity index is 112. The van der Waals surface area contributed by atoms with Crippen molar-refractivity contribution >= 4 is 17.4 Å². The van der Waals surface area contributed by atoms with Crippen LogP contribution in [-0.4, -0.2) is 11.2 Å². The summed E-state index contributed by atoms with van der Waals surface area (Å²) < 4.78 is 0. The second-order valence-electron chi connectivity index (χ2n) is 2.83. The van der Waals surface area contributed by atoms with Crippen LogP contribution in [0, 0.1) is 0 Å². The highest BCUT2D eigenvalue weighted by atomic mass is 35.5. The Labute approximate surface area is 74.1 Å². The zero-order chi connectivity index (χ0) is 8.69. The topological polar surface area (TPSA) is 17.1 Å². The molecule has 0 radical (unpaired) electrons. The van der Waals surface area contributed by atoms with Gasteiger partial charge in [-0.05, 0) is 12.8 Å². The minimum atomic E-state index is -0.230. The summed E-state index contributed by atoms with van der Waals surface area (Å²) in [6, 6.07) is 0. The number of carbonyl (C=O) groups is 1. The van der Waals surface area contributed by atoms with E-state index in [1.165, 1.54) is 0 Å². The Morgan fingerprint density at radius 1 is 1.36 bits per heavy atom. The Kier molecular flexibility index (Phi) is 6.63. The van der Waals surface area contributed by atoms with Crippen LogP contribution in [-0.2, 0) is 4.79 Å². The number of ketones is 1. The quantitative estimate of drug-likeness (QED) is 0.569. The maximum atomic E-state index is 11.2. The van der Waals surface area contributed by atoms with Crippen LogP contribution in [0.25, 0.3) is 0 Å². The normalized spacial score (nSPS) is 13.0. The van der Waals surface area contributed by atoms with Gasteiger partial charge in [-0.2, -0.15) is 0 Å². The fourth-order valence-electron chi connectivity index (χ4n) is 0.922. The number of rotatable bonds is 6. The van der Waals surface area contributed by atoms with E-state index in [4.69, 9.17) is 11.6 Å². The summed E-state index contributed by atoms with van der Waals surface area (Å²) in [5.74, 6) is 0.218. The zero-order valence-corrected chi connectivity index (χ0v) is 8.16. The molecule has 0 aromatic carbocycles. The van der Waals surface area contributed by atoms with Crippen molar-refractivity contribution in [3.63, 3.8) is 0 Å². The molecule has 11 heavy (non-hydrogen) atoms. The van der Waals surface area contributed by atoms with Gasteiger partial charge in [0.25, 0.3) is 0 Å². The molecule has 0 spiro atoms. The van der Waals surface area contributed by atoms with E-state index in [1.807, 2.05) is 6.92 Å². The molecule has 0 aliphatic carbocycles. The molecule has 66 valence electrons. The van der Waals surface area contributed by atoms with Crippen LogP contribution in [0.2, 0.25) is 0 Å². The van der Waals surface area contributed by atoms with E-state index < -0.39 is 0 Å². The largest absolute Gasteiger partial charge is 0.298 e. The predicted molar refractivity (Wildman–Crippen MR) is 49.1 cm³/mol. The van der Waals surface area contributed by atoms with Crippen molar-refractivity contribution in [3.05, 3.63) is 0 Å². The Morgan fingerprint density at radius 2 is 2.00 bits per heavy atom. The summed E-state index contributed by atoms with van der Waals surface area (Å²) in [6.07, 6.45) is 4.52. The highest BCUT2D eigenvalue weighted by Crippen LogP contribution is 2.10. The van der Waals surface area contributed by atoms with Gasteiger partial charge in [0.15, 0.2) is 5.78 Å². The molecule has 0 saturated heterocycles. The number of hydrogen-bond acceptors (Lipinski definition) is 1. The van der Waals surface area contributed by atoms with Crippen LogP contribution < -0.4 is 0 Å². The minimum Gasteiger partial charge on any atom is -0.298 e. The van der Waals surface area contributed by atoms with Gasteiger partial charge in [0.1, 0.15) is 0 Å². The van der Waals surface area contributed by atoms with Crippen molar-refractivity contribution in [2.75, 3.05) is 0 Å². The summed E-state index contributed by atoms with van der Waals surface area (Å²) in [5.41, 5.74) is 0. The number of alkyl halides is 1. The van der Waals surface area contributed by atoms with Gasteiger partial charge in [-0.3, -0.25) is 4.79 Å². The zero-order valence-electron chi connectivity index (χ0n) is 7.40. The van der Waals surface area contributed by atoms with E-state index in [-0.39, 0.29) is 11.2 Å². The third kappa shape index (κ3) is 5.25. The van der Waals surface area contributed by atoms with Crippen molar-refractivity contribution in [1.82, 2.24) is 0 Å². The standard InChI is InChI=1S/C9H17ClO/c1-3-5-7-9(11)8(10)6-4-2/h8H,3-7H2,1-2H3. The maximum Gasteiger partial charge on any atom is 0.150 e. The molecule has 1 nitrogen and oxygen atoms in total. The molecule has 0 rings (SSSR count). The van der Waals surface area contributed by atoms with Gasteiger partial charge in [-0.1, -0.05) is 26.7 Å². The van der Waals surface area contributed by atoms with E-state index in [2.05, 4.69) is 6.92 Å². The molecular formula is C9H17ClO. The lowest BCUT2D eigenvalue weighted by molar-refractivity contribution is -0.118. The van der Waals surface area contributed by atoms with Crippen molar-refractivity contribution in [2.45, 2.75) is 51.3 Å². The molecule has 0 aliphatic rings.